The maximum Gasteiger partial charge on any atom is 0.260 e. The van der Waals surface area contributed by atoms with Gasteiger partial charge in [-0.05, 0) is 110 Å². The Labute approximate surface area is 410 Å². The van der Waals surface area contributed by atoms with Crippen molar-refractivity contribution < 1.29 is 18.9 Å². The minimum Gasteiger partial charge on any atom is -0.458 e. The summed E-state index contributed by atoms with van der Waals surface area (Å²) in [4.78, 5) is 4.81. The van der Waals surface area contributed by atoms with E-state index in [1.54, 1.807) is 0 Å². The third-order valence-electron chi connectivity index (χ3n) is 14.4. The molecule has 13 rings (SSSR count). The van der Waals surface area contributed by atoms with Crippen molar-refractivity contribution in [3.63, 3.8) is 0 Å². The minimum atomic E-state index is -0.157. The summed E-state index contributed by atoms with van der Waals surface area (Å²) in [5, 5.41) is 0. The van der Waals surface area contributed by atoms with E-state index in [0.29, 0.717) is 11.5 Å². The van der Waals surface area contributed by atoms with Gasteiger partial charge in [-0.2, -0.15) is 0 Å². The van der Waals surface area contributed by atoms with Crippen LogP contribution in [-0.4, -0.2) is 13.4 Å². The number of nitrogens with zero attached hydrogens (tertiary/aromatic N) is 2. The summed E-state index contributed by atoms with van der Waals surface area (Å²) in [5.74, 6) is 5.97. The van der Waals surface area contributed by atoms with Crippen LogP contribution in [0.2, 0.25) is 0 Å². The fourth-order valence-corrected chi connectivity index (χ4v) is 11.0. The number of rotatable bonds is 6. The third-order valence-corrected chi connectivity index (χ3v) is 14.4. The van der Waals surface area contributed by atoms with Crippen molar-refractivity contribution >= 4 is 80.3 Å². The van der Waals surface area contributed by atoms with Gasteiger partial charge in [-0.15, -0.1) is 0 Å². The average molecular weight is 909 g/mol. The van der Waals surface area contributed by atoms with Crippen LogP contribution >= 0.6 is 0 Å². The van der Waals surface area contributed by atoms with E-state index in [4.69, 9.17) is 18.9 Å². The van der Waals surface area contributed by atoms with E-state index >= 15 is 0 Å². The summed E-state index contributed by atoms with van der Waals surface area (Å²) in [5.41, 5.74) is 15.7. The van der Waals surface area contributed by atoms with Gasteiger partial charge in [-0.3, -0.25) is 0 Å². The zero-order valence-corrected chi connectivity index (χ0v) is 40.2. The topological polar surface area (TPSA) is 43.4 Å². The molecule has 0 saturated heterocycles. The van der Waals surface area contributed by atoms with E-state index < -0.39 is 0 Å². The first-order chi connectivity index (χ1) is 33.9. The van der Waals surface area contributed by atoms with E-state index in [0.717, 1.165) is 85.0 Å². The molecule has 0 aromatic heterocycles. The molecule has 0 radical (unpaired) electrons. The van der Waals surface area contributed by atoms with Gasteiger partial charge >= 0.3 is 0 Å². The van der Waals surface area contributed by atoms with Crippen molar-refractivity contribution in [1.82, 2.24) is 0 Å². The summed E-state index contributed by atoms with van der Waals surface area (Å²) in [7, 11) is 0. The molecular weight excluding hydrogens is 858 g/mol. The molecule has 0 amide bonds. The Bertz CT molecular complexity index is 3530. The summed E-state index contributed by atoms with van der Waals surface area (Å²) < 4.78 is 27.5. The number of fused-ring (bicyclic) bond motifs is 8. The summed E-state index contributed by atoms with van der Waals surface area (Å²) in [6.45, 7) is 13.1. The van der Waals surface area contributed by atoms with Gasteiger partial charge in [0, 0.05) is 69.9 Å². The Kier molecular flexibility index (Phi) is 9.45. The van der Waals surface area contributed by atoms with Crippen LogP contribution in [0.15, 0.2) is 194 Å². The molecule has 6 nitrogen and oxygen atoms in total. The van der Waals surface area contributed by atoms with E-state index in [9.17, 15) is 0 Å². The zero-order chi connectivity index (χ0) is 47.5. The molecule has 4 aliphatic rings. The molecular formula is C62H50B2N2O4. The second-order valence-electron chi connectivity index (χ2n) is 20.9. The van der Waals surface area contributed by atoms with Crippen LogP contribution in [0.3, 0.4) is 0 Å². The first-order valence-electron chi connectivity index (χ1n) is 24.3. The third kappa shape index (κ3) is 6.87. The van der Waals surface area contributed by atoms with E-state index in [1.807, 2.05) is 30.3 Å². The number of anilines is 6. The van der Waals surface area contributed by atoms with Crippen LogP contribution in [0.25, 0.3) is 0 Å². The number of benzene rings is 9. The van der Waals surface area contributed by atoms with Gasteiger partial charge in [0.05, 0.1) is 0 Å². The molecule has 4 heterocycles. The fraction of sp³-hybridized carbons (Fsp3) is 0.129. The largest absolute Gasteiger partial charge is 0.458 e. The molecule has 9 aromatic carbocycles. The smallest absolute Gasteiger partial charge is 0.260 e. The maximum absolute atomic E-state index is 7.19. The monoisotopic (exact) mass is 908 g/mol. The van der Waals surface area contributed by atoms with Crippen molar-refractivity contribution in [2.24, 2.45) is 0 Å². The zero-order valence-electron chi connectivity index (χ0n) is 40.2. The lowest BCUT2D eigenvalue weighted by atomic mass is 9.31. The lowest BCUT2D eigenvalue weighted by Crippen LogP contribution is -2.63. The normalized spacial score (nSPS) is 13.7. The van der Waals surface area contributed by atoms with Gasteiger partial charge in [0.25, 0.3) is 13.4 Å². The Morgan fingerprint density at radius 3 is 1.39 bits per heavy atom. The van der Waals surface area contributed by atoms with Crippen LogP contribution in [0.4, 0.5) is 34.1 Å². The Hall–Kier alpha value is -8.09. The van der Waals surface area contributed by atoms with Crippen molar-refractivity contribution in [2.45, 2.75) is 52.4 Å². The first-order valence-corrected chi connectivity index (χ1v) is 24.3. The maximum atomic E-state index is 7.19. The highest BCUT2D eigenvalue weighted by atomic mass is 16.5. The molecule has 4 aliphatic heterocycles. The average Bonchev–Trinajstić information content (AvgIpc) is 3.36. The van der Waals surface area contributed by atoms with Gasteiger partial charge in [-0.25, -0.2) is 0 Å². The van der Waals surface area contributed by atoms with Crippen molar-refractivity contribution in [3.05, 3.63) is 205 Å². The van der Waals surface area contributed by atoms with E-state index in [1.165, 1.54) is 27.5 Å². The lowest BCUT2D eigenvalue weighted by Gasteiger charge is -2.45. The van der Waals surface area contributed by atoms with Crippen LogP contribution in [0.5, 0.6) is 46.0 Å². The Morgan fingerprint density at radius 2 is 0.814 bits per heavy atom. The second-order valence-corrected chi connectivity index (χ2v) is 20.9. The predicted octanol–water partition coefficient (Wildman–Crippen LogP) is 12.7. The number of hydrogen-bond acceptors (Lipinski definition) is 6. The van der Waals surface area contributed by atoms with Crippen molar-refractivity contribution in [3.8, 4) is 46.0 Å². The molecule has 0 unspecified atom stereocenters. The van der Waals surface area contributed by atoms with Gasteiger partial charge in [0.2, 0.25) is 0 Å². The number of hydrogen-bond donors (Lipinski definition) is 0. The van der Waals surface area contributed by atoms with Gasteiger partial charge in [0.1, 0.15) is 46.0 Å². The van der Waals surface area contributed by atoms with Crippen LogP contribution < -0.4 is 61.5 Å². The Morgan fingerprint density at radius 1 is 0.343 bits per heavy atom. The van der Waals surface area contributed by atoms with Gasteiger partial charge in [0.15, 0.2) is 0 Å². The highest BCUT2D eigenvalue weighted by Gasteiger charge is 2.47. The minimum absolute atomic E-state index is 0.0209. The van der Waals surface area contributed by atoms with Crippen molar-refractivity contribution in [2.75, 3.05) is 9.80 Å². The highest BCUT2D eigenvalue weighted by molar-refractivity contribution is 7.02. The number of ether oxygens (including phenoxy) is 4. The molecule has 9 aromatic rings. The predicted molar refractivity (Wildman–Crippen MR) is 289 cm³/mol. The van der Waals surface area contributed by atoms with Crippen LogP contribution in [0, 0.1) is 0 Å². The summed E-state index contributed by atoms with van der Waals surface area (Å²) in [6, 6.07) is 68.7. The quantitative estimate of drug-likeness (QED) is 0.155. The fourth-order valence-electron chi connectivity index (χ4n) is 11.0. The van der Waals surface area contributed by atoms with Gasteiger partial charge in [-0.1, -0.05) is 145 Å². The van der Waals surface area contributed by atoms with E-state index in [2.05, 4.69) is 215 Å². The molecule has 0 atom stereocenters. The molecule has 0 N–H and O–H groups in total. The van der Waals surface area contributed by atoms with Crippen LogP contribution in [0.1, 0.15) is 52.7 Å². The second kappa shape index (κ2) is 15.7. The lowest BCUT2D eigenvalue weighted by molar-refractivity contribution is 0.442. The van der Waals surface area contributed by atoms with Crippen LogP contribution in [-0.2, 0) is 10.8 Å². The molecule has 0 fully saturated rings. The SMILES string of the molecule is CC(C)(C)c1ccc(Oc2cc3c4c(c2)Oc2cc5c(cc2B4c2ccccc2O3)B2c3ccccc3N(c3ccccc3)c3cc(Oc4ccc(C(C)(C)C)cc4)cc(c32)N5c2ccccc2)cc1. The molecule has 0 spiro atoms. The molecule has 0 bridgehead atoms. The summed E-state index contributed by atoms with van der Waals surface area (Å²) in [6.07, 6.45) is 0. The molecule has 0 aliphatic carbocycles. The molecule has 8 heteroatoms. The first kappa shape index (κ1) is 42.0. The number of para-hydroxylation sites is 4. The van der Waals surface area contributed by atoms with E-state index in [-0.39, 0.29) is 24.3 Å². The summed E-state index contributed by atoms with van der Waals surface area (Å²) >= 11 is 0. The highest BCUT2D eigenvalue weighted by Crippen LogP contribution is 2.48. The molecule has 338 valence electrons. The standard InChI is InChI=1S/C62H50B2N2O4/c1-61(2,3)39-25-29-43(30-26-39)67-45-33-53-59-54(34-45)66(42-19-11-8-12-20-42)52-38-56-50(37-49(52)63(59)47-21-13-15-23-51(47)65(53)41-17-9-7-10-18-41)64-48-22-14-16-24-55(48)69-57-35-46(36-58(70-56)60(57)64)68-44-31-27-40(28-32-44)62(4,5)6/h7-38H,1-6H3. The molecule has 0 saturated carbocycles. The van der Waals surface area contributed by atoms with Crippen molar-refractivity contribution in [1.29, 1.82) is 0 Å². The van der Waals surface area contributed by atoms with Gasteiger partial charge < -0.3 is 28.7 Å². The Balaban J connectivity index is 1.02. The molecule has 70 heavy (non-hydrogen) atoms.